The first-order valence-electron chi connectivity index (χ1n) is 6.73. The molecule has 0 aliphatic carbocycles. The molecule has 19 heavy (non-hydrogen) atoms. The van der Waals surface area contributed by atoms with Crippen molar-refractivity contribution in [2.45, 2.75) is 39.0 Å². The van der Waals surface area contributed by atoms with Crippen molar-refractivity contribution in [2.24, 2.45) is 0 Å². The van der Waals surface area contributed by atoms with Gasteiger partial charge in [-0.05, 0) is 12.5 Å². The number of hydrogen-bond acceptors (Lipinski definition) is 3. The lowest BCUT2D eigenvalue weighted by Crippen LogP contribution is -1.93. The van der Waals surface area contributed by atoms with E-state index < -0.39 is 0 Å². The van der Waals surface area contributed by atoms with Gasteiger partial charge >= 0.3 is 0 Å². The van der Waals surface area contributed by atoms with Gasteiger partial charge in [0.1, 0.15) is 11.6 Å². The van der Waals surface area contributed by atoms with Crippen molar-refractivity contribution in [3.05, 3.63) is 35.8 Å². The van der Waals surface area contributed by atoms with E-state index in [0.717, 1.165) is 19.3 Å². The zero-order valence-electron chi connectivity index (χ0n) is 11.2. The smallest absolute Gasteiger partial charge is 0.175 e. The maximum atomic E-state index is 13.8. The van der Waals surface area contributed by atoms with Gasteiger partial charge in [-0.25, -0.2) is 4.39 Å². The number of aryl methyl sites for hydroxylation is 1. The Morgan fingerprint density at radius 2 is 2.00 bits per heavy atom. The number of unbranched alkanes of at least 4 members (excludes halogenated alkanes) is 3. The minimum absolute atomic E-state index is 0.260. The Bertz CT molecular complexity index is 537. The Labute approximate surface area is 112 Å². The fraction of sp³-hybridized carbons (Fsp3) is 0.400. The molecule has 2 N–H and O–H groups in total. The van der Waals surface area contributed by atoms with Gasteiger partial charge in [0.25, 0.3) is 0 Å². The van der Waals surface area contributed by atoms with E-state index in [1.54, 1.807) is 18.2 Å². The molecule has 0 spiro atoms. The summed E-state index contributed by atoms with van der Waals surface area (Å²) < 4.78 is 19.1. The van der Waals surface area contributed by atoms with E-state index in [1.807, 2.05) is 0 Å². The maximum Gasteiger partial charge on any atom is 0.175 e. The summed E-state index contributed by atoms with van der Waals surface area (Å²) in [4.78, 5) is 0. The van der Waals surface area contributed by atoms with Gasteiger partial charge in [-0.1, -0.05) is 49.5 Å². The summed E-state index contributed by atoms with van der Waals surface area (Å²) in [5, 5.41) is 3.77. The van der Waals surface area contributed by atoms with Crippen LogP contribution in [0.5, 0.6) is 0 Å². The first-order valence-corrected chi connectivity index (χ1v) is 6.73. The third-order valence-electron chi connectivity index (χ3n) is 3.19. The lowest BCUT2D eigenvalue weighted by atomic mass is 10.0. The van der Waals surface area contributed by atoms with Crippen LogP contribution in [-0.4, -0.2) is 5.16 Å². The maximum absolute atomic E-state index is 13.8. The minimum Gasteiger partial charge on any atom is -0.380 e. The van der Waals surface area contributed by atoms with E-state index in [4.69, 9.17) is 10.3 Å². The van der Waals surface area contributed by atoms with Crippen LogP contribution in [0.2, 0.25) is 0 Å². The Hall–Kier alpha value is -1.84. The number of rotatable bonds is 6. The van der Waals surface area contributed by atoms with Crippen molar-refractivity contribution in [1.29, 1.82) is 0 Å². The molecular formula is C15H19FN2O. The van der Waals surface area contributed by atoms with Gasteiger partial charge < -0.3 is 10.3 Å². The second-order valence-corrected chi connectivity index (χ2v) is 4.66. The molecule has 0 radical (unpaired) electrons. The quantitative estimate of drug-likeness (QED) is 0.794. The van der Waals surface area contributed by atoms with Gasteiger partial charge in [-0.3, -0.25) is 0 Å². The number of nitrogen functional groups attached to an aromatic ring is 1. The van der Waals surface area contributed by atoms with E-state index in [2.05, 4.69) is 12.1 Å². The van der Waals surface area contributed by atoms with Crippen LogP contribution in [0.25, 0.3) is 11.1 Å². The average molecular weight is 262 g/mol. The summed E-state index contributed by atoms with van der Waals surface area (Å²) in [6.07, 6.45) is 5.25. The van der Waals surface area contributed by atoms with E-state index in [-0.39, 0.29) is 11.6 Å². The predicted molar refractivity (Wildman–Crippen MR) is 74.2 cm³/mol. The van der Waals surface area contributed by atoms with Crippen LogP contribution < -0.4 is 5.73 Å². The molecular weight excluding hydrogens is 243 g/mol. The number of anilines is 1. The Kier molecular flexibility index (Phi) is 4.55. The molecule has 0 fully saturated rings. The zero-order chi connectivity index (χ0) is 13.7. The van der Waals surface area contributed by atoms with Gasteiger partial charge in [0.05, 0.1) is 5.56 Å². The van der Waals surface area contributed by atoms with Crippen LogP contribution in [0.3, 0.4) is 0 Å². The molecule has 0 aliphatic rings. The summed E-state index contributed by atoms with van der Waals surface area (Å²) in [7, 11) is 0. The standard InChI is InChI=1S/C15H19FN2O/c1-2-3-4-5-10-13-14(15(17)18-19-13)11-8-6-7-9-12(11)16/h6-9H,2-5,10H2,1H3,(H2,17,18). The third kappa shape index (κ3) is 3.13. The topological polar surface area (TPSA) is 52.0 Å². The van der Waals surface area contributed by atoms with Crippen molar-refractivity contribution >= 4 is 5.82 Å². The molecule has 0 atom stereocenters. The first kappa shape index (κ1) is 13.6. The molecule has 0 amide bonds. The molecule has 102 valence electrons. The van der Waals surface area contributed by atoms with Crippen LogP contribution >= 0.6 is 0 Å². The number of aromatic nitrogens is 1. The summed E-state index contributed by atoms with van der Waals surface area (Å²) in [6, 6.07) is 6.56. The fourth-order valence-corrected chi connectivity index (χ4v) is 2.17. The minimum atomic E-state index is -0.299. The summed E-state index contributed by atoms with van der Waals surface area (Å²) in [5.74, 6) is 0.640. The molecule has 1 heterocycles. The predicted octanol–water partition coefficient (Wildman–Crippen LogP) is 4.19. The highest BCUT2D eigenvalue weighted by Gasteiger charge is 2.18. The van der Waals surface area contributed by atoms with Crippen molar-refractivity contribution < 1.29 is 8.91 Å². The van der Waals surface area contributed by atoms with Gasteiger partial charge in [-0.2, -0.15) is 0 Å². The van der Waals surface area contributed by atoms with Gasteiger partial charge in [0, 0.05) is 12.0 Å². The molecule has 0 saturated heterocycles. The highest BCUT2D eigenvalue weighted by atomic mass is 19.1. The van der Waals surface area contributed by atoms with Gasteiger partial charge in [0.15, 0.2) is 5.82 Å². The Balaban J connectivity index is 2.21. The monoisotopic (exact) mass is 262 g/mol. The SMILES string of the molecule is CCCCCCc1onc(N)c1-c1ccccc1F. The number of nitrogens with two attached hydrogens (primary N) is 1. The normalized spacial score (nSPS) is 10.8. The van der Waals surface area contributed by atoms with E-state index in [9.17, 15) is 4.39 Å². The second kappa shape index (κ2) is 6.36. The average Bonchev–Trinajstić information content (AvgIpc) is 2.77. The molecule has 1 aromatic carbocycles. The van der Waals surface area contributed by atoms with Crippen molar-refractivity contribution in [1.82, 2.24) is 5.16 Å². The molecule has 0 saturated carbocycles. The van der Waals surface area contributed by atoms with Crippen LogP contribution in [-0.2, 0) is 6.42 Å². The third-order valence-corrected chi connectivity index (χ3v) is 3.19. The summed E-state index contributed by atoms with van der Waals surface area (Å²) in [6.45, 7) is 2.16. The van der Waals surface area contributed by atoms with Crippen LogP contribution in [0, 0.1) is 5.82 Å². The molecule has 2 aromatic rings. The second-order valence-electron chi connectivity index (χ2n) is 4.66. The van der Waals surface area contributed by atoms with Crippen molar-refractivity contribution in [3.63, 3.8) is 0 Å². The van der Waals surface area contributed by atoms with Gasteiger partial charge in [-0.15, -0.1) is 0 Å². The summed E-state index contributed by atoms with van der Waals surface area (Å²) >= 11 is 0. The van der Waals surface area contributed by atoms with Crippen molar-refractivity contribution in [3.8, 4) is 11.1 Å². The first-order chi connectivity index (χ1) is 9.24. The number of halogens is 1. The fourth-order valence-electron chi connectivity index (χ4n) is 2.17. The van der Waals surface area contributed by atoms with E-state index in [0.29, 0.717) is 16.9 Å². The molecule has 1 aromatic heterocycles. The van der Waals surface area contributed by atoms with E-state index in [1.165, 1.54) is 18.9 Å². The molecule has 4 heteroatoms. The van der Waals surface area contributed by atoms with Crippen LogP contribution in [0.15, 0.2) is 28.8 Å². The number of hydrogen-bond donors (Lipinski definition) is 1. The number of benzene rings is 1. The Morgan fingerprint density at radius 1 is 1.21 bits per heavy atom. The zero-order valence-corrected chi connectivity index (χ0v) is 11.2. The molecule has 0 bridgehead atoms. The lowest BCUT2D eigenvalue weighted by molar-refractivity contribution is 0.382. The molecule has 0 unspecified atom stereocenters. The van der Waals surface area contributed by atoms with Crippen LogP contribution in [0.1, 0.15) is 38.4 Å². The van der Waals surface area contributed by atoms with Gasteiger partial charge in [0.2, 0.25) is 0 Å². The Morgan fingerprint density at radius 3 is 2.74 bits per heavy atom. The van der Waals surface area contributed by atoms with E-state index >= 15 is 0 Å². The molecule has 2 rings (SSSR count). The highest BCUT2D eigenvalue weighted by Crippen LogP contribution is 2.32. The molecule has 3 nitrogen and oxygen atoms in total. The van der Waals surface area contributed by atoms with Crippen LogP contribution in [0.4, 0.5) is 10.2 Å². The van der Waals surface area contributed by atoms with Crippen molar-refractivity contribution in [2.75, 3.05) is 5.73 Å². The molecule has 0 aliphatic heterocycles. The highest BCUT2D eigenvalue weighted by molar-refractivity contribution is 5.75. The largest absolute Gasteiger partial charge is 0.380 e. The lowest BCUT2D eigenvalue weighted by Gasteiger charge is -2.04. The number of nitrogens with zero attached hydrogens (tertiary/aromatic N) is 1. The summed E-state index contributed by atoms with van der Waals surface area (Å²) in [5.41, 5.74) is 6.87.